The molecule has 0 radical (unpaired) electrons. The Morgan fingerprint density at radius 1 is 0.789 bits per heavy atom. The van der Waals surface area contributed by atoms with Gasteiger partial charge in [0, 0.05) is 0 Å². The van der Waals surface area contributed by atoms with Crippen LogP contribution in [0.25, 0.3) is 0 Å². The summed E-state index contributed by atoms with van der Waals surface area (Å²) in [5.41, 5.74) is 0. The van der Waals surface area contributed by atoms with Crippen molar-refractivity contribution in [1.82, 2.24) is 5.32 Å². The maximum absolute atomic E-state index is 3.67. The average molecular weight is 268 g/mol. The van der Waals surface area contributed by atoms with Gasteiger partial charge >= 0.3 is 0 Å². The highest BCUT2D eigenvalue weighted by atomic mass is 14.9. The van der Waals surface area contributed by atoms with Gasteiger partial charge in [-0.15, -0.1) is 0 Å². The lowest BCUT2D eigenvalue weighted by molar-refractivity contribution is 0.276. The Morgan fingerprint density at radius 2 is 1.53 bits per heavy atom. The molecule has 0 aliphatic heterocycles. The van der Waals surface area contributed by atoms with Gasteiger partial charge in [0.05, 0.1) is 0 Å². The van der Waals surface area contributed by atoms with Crippen LogP contribution in [-0.2, 0) is 0 Å². The molecule has 1 heteroatoms. The van der Waals surface area contributed by atoms with E-state index in [0.29, 0.717) is 0 Å². The van der Waals surface area contributed by atoms with Crippen molar-refractivity contribution in [2.24, 2.45) is 11.8 Å². The number of rotatable bonds is 10. The molecule has 0 heterocycles. The first-order chi connectivity index (χ1) is 9.38. The van der Waals surface area contributed by atoms with E-state index in [1.807, 2.05) is 0 Å². The second-order valence-electron chi connectivity index (χ2n) is 6.57. The maximum atomic E-state index is 3.67. The van der Waals surface area contributed by atoms with E-state index in [0.717, 1.165) is 11.8 Å². The minimum absolute atomic E-state index is 0.972. The van der Waals surface area contributed by atoms with Gasteiger partial charge in [0.15, 0.2) is 0 Å². The first-order valence-electron chi connectivity index (χ1n) is 9.09. The third-order valence-electron chi connectivity index (χ3n) is 4.83. The zero-order chi connectivity index (χ0) is 13.8. The second-order valence-corrected chi connectivity index (χ2v) is 6.57. The molecule has 1 aliphatic carbocycles. The number of unbranched alkanes of at least 4 members (excludes halogenated alkanes) is 4. The van der Waals surface area contributed by atoms with Gasteiger partial charge in [0.25, 0.3) is 0 Å². The molecule has 1 N–H and O–H groups in total. The molecule has 0 aromatic carbocycles. The molecule has 1 rings (SSSR count). The Balaban J connectivity index is 2.23. The number of hydrogen-bond donors (Lipinski definition) is 1. The topological polar surface area (TPSA) is 12.0 Å². The van der Waals surface area contributed by atoms with Crippen LogP contribution in [0.5, 0.6) is 0 Å². The molecular formula is C18H37N. The van der Waals surface area contributed by atoms with E-state index in [2.05, 4.69) is 19.2 Å². The molecule has 0 amide bonds. The predicted octanol–water partition coefficient (Wildman–Crippen LogP) is 5.54. The molecule has 2 unspecified atom stereocenters. The fraction of sp³-hybridized carbons (Fsp3) is 1.00. The Kier molecular flexibility index (Phi) is 10.5. The molecular weight excluding hydrogens is 230 g/mol. The van der Waals surface area contributed by atoms with Crippen LogP contribution in [0.1, 0.15) is 90.9 Å². The third kappa shape index (κ3) is 7.97. The van der Waals surface area contributed by atoms with Crippen LogP contribution in [-0.4, -0.2) is 13.1 Å². The van der Waals surface area contributed by atoms with E-state index in [-0.39, 0.29) is 0 Å². The molecule has 1 aliphatic rings. The maximum Gasteiger partial charge on any atom is -0.00179 e. The Morgan fingerprint density at radius 3 is 2.26 bits per heavy atom. The SMILES string of the molecule is CCCCCCCC1CCCCCC1CNCCC. The van der Waals surface area contributed by atoms with Crippen LogP contribution in [0.15, 0.2) is 0 Å². The Bertz CT molecular complexity index is 190. The van der Waals surface area contributed by atoms with Crippen molar-refractivity contribution in [3.05, 3.63) is 0 Å². The fourth-order valence-electron chi connectivity index (χ4n) is 3.58. The number of nitrogens with one attached hydrogen (secondary N) is 1. The van der Waals surface area contributed by atoms with Crippen LogP contribution >= 0.6 is 0 Å². The van der Waals surface area contributed by atoms with Crippen molar-refractivity contribution < 1.29 is 0 Å². The van der Waals surface area contributed by atoms with Gasteiger partial charge in [-0.3, -0.25) is 0 Å². The van der Waals surface area contributed by atoms with E-state index in [1.54, 1.807) is 0 Å². The smallest absolute Gasteiger partial charge is 0.00179 e. The normalized spacial score (nSPS) is 24.3. The summed E-state index contributed by atoms with van der Waals surface area (Å²) in [5.74, 6) is 1.99. The molecule has 1 fully saturated rings. The number of hydrogen-bond acceptors (Lipinski definition) is 1. The summed E-state index contributed by atoms with van der Waals surface area (Å²) >= 11 is 0. The Labute approximate surface area is 121 Å². The quantitative estimate of drug-likeness (QED) is 0.404. The van der Waals surface area contributed by atoms with E-state index in [9.17, 15) is 0 Å². The predicted molar refractivity (Wildman–Crippen MR) is 86.6 cm³/mol. The largest absolute Gasteiger partial charge is 0.316 e. The zero-order valence-electron chi connectivity index (χ0n) is 13.6. The van der Waals surface area contributed by atoms with Gasteiger partial charge in [0.1, 0.15) is 0 Å². The molecule has 0 aromatic rings. The van der Waals surface area contributed by atoms with Crippen molar-refractivity contribution in [1.29, 1.82) is 0 Å². The highest BCUT2D eigenvalue weighted by molar-refractivity contribution is 4.76. The van der Waals surface area contributed by atoms with Crippen LogP contribution in [0, 0.1) is 11.8 Å². The monoisotopic (exact) mass is 267 g/mol. The second kappa shape index (κ2) is 11.8. The van der Waals surface area contributed by atoms with Gasteiger partial charge in [-0.1, -0.05) is 78.1 Å². The zero-order valence-corrected chi connectivity index (χ0v) is 13.6. The summed E-state index contributed by atoms with van der Waals surface area (Å²) < 4.78 is 0. The van der Waals surface area contributed by atoms with Crippen LogP contribution in [0.2, 0.25) is 0 Å². The minimum Gasteiger partial charge on any atom is -0.316 e. The van der Waals surface area contributed by atoms with Crippen molar-refractivity contribution in [3.63, 3.8) is 0 Å². The molecule has 0 saturated heterocycles. The lowest BCUT2D eigenvalue weighted by Crippen LogP contribution is -2.28. The summed E-state index contributed by atoms with van der Waals surface area (Å²) in [5, 5.41) is 3.67. The molecule has 0 bridgehead atoms. The van der Waals surface area contributed by atoms with Crippen LogP contribution in [0.3, 0.4) is 0 Å². The molecule has 1 saturated carbocycles. The lowest BCUT2D eigenvalue weighted by atomic mass is 9.84. The molecule has 19 heavy (non-hydrogen) atoms. The first-order valence-corrected chi connectivity index (χ1v) is 9.09. The van der Waals surface area contributed by atoms with E-state index in [1.165, 1.54) is 90.1 Å². The summed E-state index contributed by atoms with van der Waals surface area (Å²) in [6.45, 7) is 7.07. The minimum atomic E-state index is 0.972. The summed E-state index contributed by atoms with van der Waals surface area (Å²) in [6, 6.07) is 0. The van der Waals surface area contributed by atoms with Gasteiger partial charge in [-0.2, -0.15) is 0 Å². The van der Waals surface area contributed by atoms with Gasteiger partial charge in [-0.25, -0.2) is 0 Å². The Hall–Kier alpha value is -0.0400. The molecule has 114 valence electrons. The summed E-state index contributed by atoms with van der Waals surface area (Å²) in [7, 11) is 0. The average Bonchev–Trinajstić information content (AvgIpc) is 2.65. The van der Waals surface area contributed by atoms with Crippen LogP contribution < -0.4 is 5.32 Å². The van der Waals surface area contributed by atoms with Crippen molar-refractivity contribution in [2.75, 3.05) is 13.1 Å². The van der Waals surface area contributed by atoms with Gasteiger partial charge in [0.2, 0.25) is 0 Å². The van der Waals surface area contributed by atoms with Crippen LogP contribution in [0.4, 0.5) is 0 Å². The first kappa shape index (κ1) is 17.0. The highest BCUT2D eigenvalue weighted by Crippen LogP contribution is 2.32. The van der Waals surface area contributed by atoms with E-state index in [4.69, 9.17) is 0 Å². The summed E-state index contributed by atoms with van der Waals surface area (Å²) in [6.07, 6.45) is 17.4. The molecule has 0 spiro atoms. The fourth-order valence-corrected chi connectivity index (χ4v) is 3.58. The molecule has 1 nitrogen and oxygen atoms in total. The lowest BCUT2D eigenvalue weighted by Gasteiger charge is -2.25. The van der Waals surface area contributed by atoms with Crippen molar-refractivity contribution >= 4 is 0 Å². The highest BCUT2D eigenvalue weighted by Gasteiger charge is 2.22. The van der Waals surface area contributed by atoms with Crippen molar-refractivity contribution in [3.8, 4) is 0 Å². The van der Waals surface area contributed by atoms with E-state index < -0.39 is 0 Å². The van der Waals surface area contributed by atoms with E-state index >= 15 is 0 Å². The molecule has 2 atom stereocenters. The van der Waals surface area contributed by atoms with Gasteiger partial charge in [-0.05, 0) is 37.8 Å². The standard InChI is InChI=1S/C18H37N/c1-3-5-6-7-9-12-17-13-10-8-11-14-18(17)16-19-15-4-2/h17-19H,3-16H2,1-2H3. The molecule has 0 aromatic heterocycles. The van der Waals surface area contributed by atoms with Crippen molar-refractivity contribution in [2.45, 2.75) is 90.9 Å². The summed E-state index contributed by atoms with van der Waals surface area (Å²) in [4.78, 5) is 0. The van der Waals surface area contributed by atoms with Gasteiger partial charge < -0.3 is 5.32 Å². The third-order valence-corrected chi connectivity index (χ3v) is 4.83.